The van der Waals surface area contributed by atoms with Gasteiger partial charge in [-0.05, 0) is 37.6 Å². The second kappa shape index (κ2) is 5.78. The highest BCUT2D eigenvalue weighted by Gasteiger charge is 2.03. The number of thiophene rings is 1. The van der Waals surface area contributed by atoms with Crippen molar-refractivity contribution < 1.29 is 0 Å². The Morgan fingerprint density at radius 1 is 1.60 bits per heavy atom. The van der Waals surface area contributed by atoms with Crippen molar-refractivity contribution in [2.75, 3.05) is 6.26 Å². The van der Waals surface area contributed by atoms with Crippen LogP contribution in [0.2, 0.25) is 0 Å². The van der Waals surface area contributed by atoms with Gasteiger partial charge < -0.3 is 5.73 Å². The predicted octanol–water partition coefficient (Wildman–Crippen LogP) is 3.15. The SMILES string of the molecule is C=C(N=C(/C=C\N)c1ccc(C)s1)SC. The largest absolute Gasteiger partial charge is 0.405 e. The van der Waals surface area contributed by atoms with Crippen molar-refractivity contribution in [3.63, 3.8) is 0 Å². The number of aryl methyl sites for hydroxylation is 1. The number of hydrogen-bond acceptors (Lipinski definition) is 4. The molecule has 0 saturated carbocycles. The van der Waals surface area contributed by atoms with E-state index in [1.807, 2.05) is 12.3 Å². The van der Waals surface area contributed by atoms with Crippen LogP contribution in [0.5, 0.6) is 0 Å². The Kier molecular flexibility index (Phi) is 4.65. The fourth-order valence-electron chi connectivity index (χ4n) is 1.02. The second-order valence-electron chi connectivity index (χ2n) is 2.86. The molecule has 0 saturated heterocycles. The topological polar surface area (TPSA) is 38.4 Å². The molecule has 80 valence electrons. The summed E-state index contributed by atoms with van der Waals surface area (Å²) in [6.45, 7) is 5.90. The Bertz CT molecular complexity index is 402. The van der Waals surface area contributed by atoms with Gasteiger partial charge in [0.1, 0.15) is 0 Å². The average molecular weight is 238 g/mol. The summed E-state index contributed by atoms with van der Waals surface area (Å²) < 4.78 is 0. The maximum absolute atomic E-state index is 5.40. The van der Waals surface area contributed by atoms with Crippen LogP contribution in [0.3, 0.4) is 0 Å². The van der Waals surface area contributed by atoms with E-state index in [1.54, 1.807) is 17.4 Å². The van der Waals surface area contributed by atoms with Gasteiger partial charge in [-0.25, -0.2) is 4.99 Å². The third-order valence-electron chi connectivity index (χ3n) is 1.73. The Balaban J connectivity index is 3.03. The number of nitrogens with zero attached hydrogens (tertiary/aromatic N) is 1. The van der Waals surface area contributed by atoms with Gasteiger partial charge in [-0.15, -0.1) is 23.1 Å². The molecule has 4 heteroatoms. The second-order valence-corrected chi connectivity index (χ2v) is 5.03. The zero-order valence-electron chi connectivity index (χ0n) is 8.86. The standard InChI is InChI=1S/C11H14N2S2/c1-8-4-5-11(15-8)10(6-7-12)13-9(2)14-3/h4-7H,2,12H2,1,3H3/b7-6-,13-10?. The summed E-state index contributed by atoms with van der Waals surface area (Å²) in [4.78, 5) is 6.77. The summed E-state index contributed by atoms with van der Waals surface area (Å²) >= 11 is 3.23. The van der Waals surface area contributed by atoms with Crippen LogP contribution in [-0.2, 0) is 0 Å². The molecule has 2 N–H and O–H groups in total. The molecule has 1 heterocycles. The summed E-state index contributed by atoms with van der Waals surface area (Å²) in [5.74, 6) is 0. The zero-order valence-corrected chi connectivity index (χ0v) is 10.5. The maximum Gasteiger partial charge on any atom is 0.0893 e. The minimum absolute atomic E-state index is 0.786. The molecule has 0 amide bonds. The molecule has 1 aromatic heterocycles. The van der Waals surface area contributed by atoms with Gasteiger partial charge in [0, 0.05) is 4.88 Å². The van der Waals surface area contributed by atoms with E-state index < -0.39 is 0 Å². The van der Waals surface area contributed by atoms with Crippen LogP contribution in [0.4, 0.5) is 0 Å². The third kappa shape index (κ3) is 3.57. The quantitative estimate of drug-likeness (QED) is 0.818. The molecule has 2 nitrogen and oxygen atoms in total. The van der Waals surface area contributed by atoms with Gasteiger partial charge in [-0.2, -0.15) is 0 Å². The summed E-state index contributed by atoms with van der Waals surface area (Å²) in [6.07, 6.45) is 5.25. The maximum atomic E-state index is 5.40. The molecular formula is C11H14N2S2. The minimum atomic E-state index is 0.786. The van der Waals surface area contributed by atoms with E-state index >= 15 is 0 Å². The van der Waals surface area contributed by atoms with E-state index in [4.69, 9.17) is 5.73 Å². The number of allylic oxidation sites excluding steroid dienone is 1. The number of nitrogens with two attached hydrogens (primary N) is 1. The highest BCUT2D eigenvalue weighted by molar-refractivity contribution is 8.02. The molecule has 0 aromatic carbocycles. The highest BCUT2D eigenvalue weighted by Crippen LogP contribution is 2.19. The van der Waals surface area contributed by atoms with Gasteiger partial charge in [0.05, 0.1) is 15.6 Å². The first-order valence-corrected chi connectivity index (χ1v) is 6.48. The summed E-state index contributed by atoms with van der Waals surface area (Å²) in [6, 6.07) is 4.12. The lowest BCUT2D eigenvalue weighted by Gasteiger charge is -1.98. The Morgan fingerprint density at radius 3 is 2.80 bits per heavy atom. The van der Waals surface area contributed by atoms with E-state index in [0.717, 1.165) is 15.6 Å². The number of aliphatic imine (C=N–C) groups is 1. The van der Waals surface area contributed by atoms with E-state index in [1.165, 1.54) is 22.8 Å². The highest BCUT2D eigenvalue weighted by atomic mass is 32.2. The third-order valence-corrected chi connectivity index (χ3v) is 3.31. The van der Waals surface area contributed by atoms with Gasteiger partial charge in [0.2, 0.25) is 0 Å². The molecular weight excluding hydrogens is 224 g/mol. The van der Waals surface area contributed by atoms with Crippen LogP contribution < -0.4 is 5.73 Å². The number of thioether (sulfide) groups is 1. The van der Waals surface area contributed by atoms with Gasteiger partial charge in [-0.3, -0.25) is 0 Å². The van der Waals surface area contributed by atoms with Crippen molar-refractivity contribution in [1.82, 2.24) is 0 Å². The molecule has 0 aliphatic heterocycles. The van der Waals surface area contributed by atoms with E-state index in [0.29, 0.717) is 0 Å². The Morgan fingerprint density at radius 2 is 2.33 bits per heavy atom. The van der Waals surface area contributed by atoms with Crippen molar-refractivity contribution in [2.24, 2.45) is 10.7 Å². The molecule has 0 aliphatic rings. The lowest BCUT2D eigenvalue weighted by atomic mass is 10.3. The monoisotopic (exact) mass is 238 g/mol. The number of rotatable bonds is 4. The molecule has 0 spiro atoms. The molecule has 15 heavy (non-hydrogen) atoms. The first-order valence-electron chi connectivity index (χ1n) is 4.44. The number of hydrogen-bond donors (Lipinski definition) is 1. The van der Waals surface area contributed by atoms with Crippen LogP contribution in [0, 0.1) is 6.92 Å². The van der Waals surface area contributed by atoms with Crippen molar-refractivity contribution >= 4 is 28.8 Å². The predicted molar refractivity (Wildman–Crippen MR) is 71.6 cm³/mol. The van der Waals surface area contributed by atoms with Crippen LogP contribution >= 0.6 is 23.1 Å². The average Bonchev–Trinajstić information content (AvgIpc) is 2.64. The first-order chi connectivity index (χ1) is 7.17. The van der Waals surface area contributed by atoms with Gasteiger partial charge in [0.15, 0.2) is 0 Å². The fraction of sp³-hybridized carbons (Fsp3) is 0.182. The van der Waals surface area contributed by atoms with Gasteiger partial charge in [0.25, 0.3) is 0 Å². The first kappa shape index (κ1) is 12.1. The molecule has 0 fully saturated rings. The van der Waals surface area contributed by atoms with E-state index in [9.17, 15) is 0 Å². The molecule has 1 rings (SSSR count). The van der Waals surface area contributed by atoms with Crippen molar-refractivity contribution in [3.8, 4) is 0 Å². The van der Waals surface area contributed by atoms with Gasteiger partial charge >= 0.3 is 0 Å². The molecule has 0 radical (unpaired) electrons. The van der Waals surface area contributed by atoms with E-state index in [2.05, 4.69) is 24.6 Å². The molecule has 0 bridgehead atoms. The van der Waals surface area contributed by atoms with Crippen LogP contribution in [0.1, 0.15) is 9.75 Å². The fourth-order valence-corrected chi connectivity index (χ4v) is 2.04. The van der Waals surface area contributed by atoms with Crippen LogP contribution in [-0.4, -0.2) is 12.0 Å². The molecule has 0 atom stereocenters. The zero-order chi connectivity index (χ0) is 11.3. The summed E-state index contributed by atoms with van der Waals surface area (Å²) in [7, 11) is 0. The van der Waals surface area contributed by atoms with Crippen molar-refractivity contribution in [1.29, 1.82) is 0 Å². The smallest absolute Gasteiger partial charge is 0.0893 e. The van der Waals surface area contributed by atoms with E-state index in [-0.39, 0.29) is 0 Å². The Hall–Kier alpha value is -1.000. The molecule has 0 aliphatic carbocycles. The minimum Gasteiger partial charge on any atom is -0.405 e. The molecule has 0 unspecified atom stereocenters. The summed E-state index contributed by atoms with van der Waals surface area (Å²) in [5.41, 5.74) is 6.27. The normalized spacial score (nSPS) is 12.3. The lowest BCUT2D eigenvalue weighted by molar-refractivity contribution is 1.52. The van der Waals surface area contributed by atoms with Crippen LogP contribution in [0.15, 0.2) is 41.0 Å². The summed E-state index contributed by atoms with van der Waals surface area (Å²) in [5, 5.41) is 0.786. The Labute approximate surface area is 98.6 Å². The van der Waals surface area contributed by atoms with Crippen molar-refractivity contribution in [3.05, 3.63) is 45.8 Å². The van der Waals surface area contributed by atoms with Crippen molar-refractivity contribution in [2.45, 2.75) is 6.92 Å². The van der Waals surface area contributed by atoms with Crippen LogP contribution in [0.25, 0.3) is 0 Å². The molecule has 1 aromatic rings. The lowest BCUT2D eigenvalue weighted by Crippen LogP contribution is -1.95. The van der Waals surface area contributed by atoms with Gasteiger partial charge in [-0.1, -0.05) is 6.58 Å².